The molecular formula is C26H24N4O5. The first-order valence-corrected chi connectivity index (χ1v) is 11.4. The Morgan fingerprint density at radius 1 is 0.971 bits per heavy atom. The molecule has 3 aliphatic rings. The number of nitrogens with zero attached hydrogens (tertiary/aromatic N) is 3. The highest BCUT2D eigenvalue weighted by atomic mass is 16.5. The molecule has 0 aromatic heterocycles. The standard InChI is InChI=1S/C26H24N4O5/c1-34-18-10-16(11-19(13-18)35-2)27-25(32)28-14-17-12-22(28)23-24(31)30(26(33)29(17)23)21-9-5-7-15-6-3-4-8-20(15)21/h3-11,13,17,22-23H,12,14H2,1-2H3,(H,27,32). The lowest BCUT2D eigenvalue weighted by Crippen LogP contribution is -2.55. The minimum atomic E-state index is -0.689. The van der Waals surface area contributed by atoms with Gasteiger partial charge < -0.3 is 24.6 Å². The lowest BCUT2D eigenvalue weighted by molar-refractivity contribution is -0.120. The van der Waals surface area contributed by atoms with Crippen LogP contribution in [-0.4, -0.2) is 66.7 Å². The summed E-state index contributed by atoms with van der Waals surface area (Å²) in [5, 5.41) is 4.68. The van der Waals surface area contributed by atoms with E-state index in [0.29, 0.717) is 35.8 Å². The van der Waals surface area contributed by atoms with Crippen molar-refractivity contribution in [2.24, 2.45) is 0 Å². The van der Waals surface area contributed by atoms with Gasteiger partial charge in [-0.15, -0.1) is 0 Å². The summed E-state index contributed by atoms with van der Waals surface area (Å²) >= 11 is 0. The maximum atomic E-state index is 13.6. The summed E-state index contributed by atoms with van der Waals surface area (Å²) in [6.45, 7) is 0.372. The van der Waals surface area contributed by atoms with E-state index < -0.39 is 6.04 Å². The first-order chi connectivity index (χ1) is 17.0. The number of piperazine rings is 1. The molecule has 35 heavy (non-hydrogen) atoms. The molecule has 3 atom stereocenters. The number of anilines is 2. The Morgan fingerprint density at radius 3 is 2.43 bits per heavy atom. The van der Waals surface area contributed by atoms with Gasteiger partial charge in [-0.05, 0) is 17.9 Å². The van der Waals surface area contributed by atoms with E-state index in [9.17, 15) is 14.4 Å². The number of hydrogen-bond acceptors (Lipinski definition) is 5. The zero-order valence-electron chi connectivity index (χ0n) is 19.3. The summed E-state index contributed by atoms with van der Waals surface area (Å²) in [7, 11) is 3.08. The number of carbonyl (C=O) groups excluding carboxylic acids is 3. The van der Waals surface area contributed by atoms with Gasteiger partial charge in [-0.1, -0.05) is 36.4 Å². The van der Waals surface area contributed by atoms with Crippen molar-refractivity contribution in [3.63, 3.8) is 0 Å². The molecule has 0 spiro atoms. The Morgan fingerprint density at radius 2 is 1.69 bits per heavy atom. The van der Waals surface area contributed by atoms with E-state index in [0.717, 1.165) is 10.8 Å². The van der Waals surface area contributed by atoms with Crippen molar-refractivity contribution >= 4 is 40.1 Å². The second-order valence-electron chi connectivity index (χ2n) is 8.95. The third-order valence-electron chi connectivity index (χ3n) is 7.14. The summed E-state index contributed by atoms with van der Waals surface area (Å²) in [5.74, 6) is 0.812. The molecule has 0 saturated carbocycles. The molecule has 3 unspecified atom stereocenters. The number of likely N-dealkylation sites (tertiary alicyclic amines) is 1. The quantitative estimate of drug-likeness (QED) is 0.585. The largest absolute Gasteiger partial charge is 0.497 e. The van der Waals surface area contributed by atoms with Crippen molar-refractivity contribution in [3.05, 3.63) is 60.7 Å². The van der Waals surface area contributed by atoms with E-state index in [1.54, 1.807) is 48.3 Å². The highest BCUT2D eigenvalue weighted by Gasteiger charge is 2.63. The number of ether oxygens (including phenoxy) is 2. The van der Waals surface area contributed by atoms with Gasteiger partial charge in [-0.2, -0.15) is 0 Å². The summed E-state index contributed by atoms with van der Waals surface area (Å²) in [5.41, 5.74) is 1.10. The van der Waals surface area contributed by atoms with E-state index >= 15 is 0 Å². The third-order valence-corrected chi connectivity index (χ3v) is 7.14. The first kappa shape index (κ1) is 21.3. The maximum Gasteiger partial charge on any atom is 0.332 e. The van der Waals surface area contributed by atoms with Crippen LogP contribution in [0.4, 0.5) is 21.0 Å². The van der Waals surface area contributed by atoms with E-state index in [1.165, 1.54) is 4.90 Å². The van der Waals surface area contributed by atoms with Gasteiger partial charge in [-0.3, -0.25) is 4.79 Å². The van der Waals surface area contributed by atoms with Gasteiger partial charge in [0.1, 0.15) is 17.5 Å². The van der Waals surface area contributed by atoms with Crippen LogP contribution in [0.15, 0.2) is 60.7 Å². The van der Waals surface area contributed by atoms with Crippen molar-refractivity contribution in [3.8, 4) is 11.5 Å². The number of imide groups is 1. The number of methoxy groups -OCH3 is 2. The molecule has 3 fully saturated rings. The van der Waals surface area contributed by atoms with Crippen LogP contribution in [0.3, 0.4) is 0 Å². The van der Waals surface area contributed by atoms with Gasteiger partial charge in [0.25, 0.3) is 5.91 Å². The van der Waals surface area contributed by atoms with E-state index in [-0.39, 0.29) is 30.1 Å². The van der Waals surface area contributed by atoms with Crippen LogP contribution in [0.25, 0.3) is 10.8 Å². The van der Waals surface area contributed by atoms with Gasteiger partial charge in [0.2, 0.25) is 0 Å². The summed E-state index contributed by atoms with van der Waals surface area (Å²) in [6.07, 6.45) is 0.584. The molecule has 3 aliphatic heterocycles. The van der Waals surface area contributed by atoms with E-state index in [4.69, 9.17) is 9.47 Å². The molecule has 9 heteroatoms. The number of benzene rings is 3. The summed E-state index contributed by atoms with van der Waals surface area (Å²) in [4.78, 5) is 44.8. The highest BCUT2D eigenvalue weighted by Crippen LogP contribution is 2.43. The van der Waals surface area contributed by atoms with Crippen LogP contribution in [0.1, 0.15) is 6.42 Å². The van der Waals surface area contributed by atoms with Crippen LogP contribution >= 0.6 is 0 Å². The predicted octanol–water partition coefficient (Wildman–Crippen LogP) is 3.68. The van der Waals surface area contributed by atoms with Gasteiger partial charge in [0, 0.05) is 35.8 Å². The fraction of sp³-hybridized carbons (Fsp3) is 0.269. The second kappa shape index (κ2) is 7.90. The normalized spacial score (nSPS) is 22.7. The molecule has 3 aromatic rings. The Balaban J connectivity index is 1.27. The molecule has 0 aliphatic carbocycles. The Bertz CT molecular complexity index is 1350. The van der Waals surface area contributed by atoms with Crippen LogP contribution in [0.5, 0.6) is 11.5 Å². The van der Waals surface area contributed by atoms with Crippen molar-refractivity contribution in [2.45, 2.75) is 24.5 Å². The second-order valence-corrected chi connectivity index (χ2v) is 8.95. The lowest BCUT2D eigenvalue weighted by Gasteiger charge is -2.34. The van der Waals surface area contributed by atoms with Gasteiger partial charge in [0.05, 0.1) is 32.0 Å². The number of amides is 5. The number of fused-ring (bicyclic) bond motifs is 6. The average Bonchev–Trinajstić information content (AvgIpc) is 3.54. The van der Waals surface area contributed by atoms with E-state index in [1.807, 2.05) is 36.4 Å². The summed E-state index contributed by atoms with van der Waals surface area (Å²) in [6, 6.07) is 16.5. The number of rotatable bonds is 4. The van der Waals surface area contributed by atoms with Gasteiger partial charge >= 0.3 is 12.1 Å². The number of hydrogen-bond donors (Lipinski definition) is 1. The molecule has 5 amide bonds. The molecule has 178 valence electrons. The van der Waals surface area contributed by atoms with Crippen LogP contribution in [0.2, 0.25) is 0 Å². The van der Waals surface area contributed by atoms with Crippen molar-refractivity contribution < 1.29 is 23.9 Å². The molecule has 1 N–H and O–H groups in total. The van der Waals surface area contributed by atoms with Crippen LogP contribution in [-0.2, 0) is 4.79 Å². The van der Waals surface area contributed by atoms with Crippen molar-refractivity contribution in [2.75, 3.05) is 31.0 Å². The van der Waals surface area contributed by atoms with E-state index in [2.05, 4.69) is 5.32 Å². The Kier molecular flexibility index (Phi) is 4.80. The minimum Gasteiger partial charge on any atom is -0.497 e. The molecule has 3 aromatic carbocycles. The predicted molar refractivity (Wildman–Crippen MR) is 130 cm³/mol. The number of carbonyl (C=O) groups is 3. The zero-order valence-corrected chi connectivity index (χ0v) is 19.3. The van der Waals surface area contributed by atoms with Crippen molar-refractivity contribution in [1.82, 2.24) is 9.80 Å². The SMILES string of the molecule is COc1cc(NC(=O)N2CC3CC2C2C(=O)N(c4cccc5ccccc45)C(=O)N32)cc(OC)c1. The highest BCUT2D eigenvalue weighted by molar-refractivity contribution is 6.25. The lowest BCUT2D eigenvalue weighted by atomic mass is 10.1. The Hall–Kier alpha value is -4.27. The van der Waals surface area contributed by atoms with Crippen LogP contribution in [0, 0.1) is 0 Å². The topological polar surface area (TPSA) is 91.4 Å². The smallest absolute Gasteiger partial charge is 0.332 e. The van der Waals surface area contributed by atoms with Gasteiger partial charge in [0.15, 0.2) is 0 Å². The molecule has 0 radical (unpaired) electrons. The molecule has 3 heterocycles. The average molecular weight is 473 g/mol. The fourth-order valence-corrected chi connectivity index (χ4v) is 5.59. The summed E-state index contributed by atoms with van der Waals surface area (Å²) < 4.78 is 10.6. The third kappa shape index (κ3) is 3.18. The first-order valence-electron chi connectivity index (χ1n) is 11.4. The van der Waals surface area contributed by atoms with Crippen LogP contribution < -0.4 is 19.7 Å². The molecule has 3 saturated heterocycles. The zero-order chi connectivity index (χ0) is 24.3. The molecule has 2 bridgehead atoms. The van der Waals surface area contributed by atoms with Crippen molar-refractivity contribution in [1.29, 1.82) is 0 Å². The Labute approximate surface area is 201 Å². The molecule has 9 nitrogen and oxygen atoms in total. The fourth-order valence-electron chi connectivity index (χ4n) is 5.59. The molecule has 6 rings (SSSR count). The number of urea groups is 2. The monoisotopic (exact) mass is 472 g/mol. The number of nitrogens with one attached hydrogen (secondary N) is 1. The minimum absolute atomic E-state index is 0.202. The van der Waals surface area contributed by atoms with Gasteiger partial charge in [-0.25, -0.2) is 14.5 Å². The maximum absolute atomic E-state index is 13.6. The molecular weight excluding hydrogens is 448 g/mol.